The second-order valence-electron chi connectivity index (χ2n) is 9.29. The van der Waals surface area contributed by atoms with Crippen molar-refractivity contribution in [3.05, 3.63) is 29.7 Å². The lowest BCUT2D eigenvalue weighted by Gasteiger charge is -2.35. The van der Waals surface area contributed by atoms with Crippen LogP contribution in [0.15, 0.2) is 22.7 Å². The molecule has 2 amide bonds. The zero-order chi connectivity index (χ0) is 22.3. The molecule has 7 nitrogen and oxygen atoms in total. The monoisotopic (exact) mass is 435 g/mol. The summed E-state index contributed by atoms with van der Waals surface area (Å²) in [6.07, 6.45) is -0.619. The van der Waals surface area contributed by atoms with Crippen LogP contribution in [-0.2, 0) is 9.53 Å². The number of piperidine rings is 1. The summed E-state index contributed by atoms with van der Waals surface area (Å²) in [5.74, 6) is -0.556. The number of fused-ring (bicyclic) bond motifs is 1. The van der Waals surface area contributed by atoms with Crippen LogP contribution in [0.5, 0.6) is 0 Å². The fraction of sp³-hybridized carbons (Fsp3) is 0.591. The molecule has 1 aromatic carbocycles. The van der Waals surface area contributed by atoms with Gasteiger partial charge in [0.2, 0.25) is 5.91 Å². The van der Waals surface area contributed by atoms with Crippen molar-refractivity contribution in [3.8, 4) is 0 Å². The van der Waals surface area contributed by atoms with E-state index in [4.69, 9.17) is 9.26 Å². The number of hydrogen-bond acceptors (Lipinski definition) is 5. The van der Waals surface area contributed by atoms with E-state index in [1.54, 1.807) is 31.7 Å². The minimum absolute atomic E-state index is 0.0164. The molecular formula is C22H27F2N3O4. The molecule has 0 radical (unpaired) electrons. The van der Waals surface area contributed by atoms with Crippen LogP contribution in [0.1, 0.15) is 51.6 Å². The number of benzene rings is 1. The highest BCUT2D eigenvalue weighted by atomic mass is 19.1. The number of carbonyl (C=O) groups is 2. The van der Waals surface area contributed by atoms with Gasteiger partial charge in [0.25, 0.3) is 0 Å². The van der Waals surface area contributed by atoms with Gasteiger partial charge in [-0.1, -0.05) is 5.16 Å². The number of amides is 2. The van der Waals surface area contributed by atoms with Crippen LogP contribution in [0.4, 0.5) is 13.6 Å². The predicted molar refractivity (Wildman–Crippen MR) is 109 cm³/mol. The SMILES string of the molecule is CC(C)(C)OC(=O)N1C[C@@H](F)C[C@H]1C(=O)N1CCC(c2noc3cc(F)ccc23)CC1. The first-order valence-electron chi connectivity index (χ1n) is 10.6. The standard InChI is InChI=1S/C22H27F2N3O4/c1-22(2,3)30-21(29)27-12-15(24)10-17(27)20(28)26-8-6-13(7-9-26)19-16-5-4-14(23)11-18(16)31-25-19/h4-5,11,13,15,17H,6-10,12H2,1-3H3/t15-,17-/m0/s1. The number of halogens is 2. The Morgan fingerprint density at radius 3 is 2.61 bits per heavy atom. The van der Waals surface area contributed by atoms with Crippen molar-refractivity contribution >= 4 is 23.0 Å². The number of carbonyl (C=O) groups excluding carboxylic acids is 2. The molecule has 0 aliphatic carbocycles. The van der Waals surface area contributed by atoms with Crippen molar-refractivity contribution in [2.24, 2.45) is 0 Å². The zero-order valence-electron chi connectivity index (χ0n) is 17.9. The van der Waals surface area contributed by atoms with Gasteiger partial charge < -0.3 is 14.2 Å². The number of likely N-dealkylation sites (tertiary alicyclic amines) is 2. The first-order valence-corrected chi connectivity index (χ1v) is 10.6. The van der Waals surface area contributed by atoms with Crippen molar-refractivity contribution in [2.45, 2.75) is 63.8 Å². The van der Waals surface area contributed by atoms with E-state index in [0.29, 0.717) is 31.5 Å². The molecule has 0 N–H and O–H groups in total. The van der Waals surface area contributed by atoms with Gasteiger partial charge in [0, 0.05) is 36.9 Å². The summed E-state index contributed by atoms with van der Waals surface area (Å²) in [5.41, 5.74) is 0.449. The molecule has 2 aliphatic heterocycles. The molecule has 31 heavy (non-hydrogen) atoms. The van der Waals surface area contributed by atoms with E-state index >= 15 is 0 Å². The molecule has 2 aromatic rings. The molecule has 0 bridgehead atoms. The van der Waals surface area contributed by atoms with Crippen LogP contribution in [-0.4, -0.2) is 64.4 Å². The molecular weight excluding hydrogens is 408 g/mol. The van der Waals surface area contributed by atoms with Gasteiger partial charge in [0.15, 0.2) is 5.58 Å². The summed E-state index contributed by atoms with van der Waals surface area (Å²) in [5, 5.41) is 4.90. The molecule has 0 spiro atoms. The van der Waals surface area contributed by atoms with E-state index < -0.39 is 23.9 Å². The Kier molecular flexibility index (Phi) is 5.61. The molecule has 168 valence electrons. The first kappa shape index (κ1) is 21.5. The minimum atomic E-state index is -1.25. The van der Waals surface area contributed by atoms with Crippen molar-refractivity contribution in [3.63, 3.8) is 0 Å². The second-order valence-corrected chi connectivity index (χ2v) is 9.29. The normalized spacial score (nSPS) is 22.9. The average molecular weight is 435 g/mol. The molecule has 2 fully saturated rings. The second kappa shape index (κ2) is 8.09. The van der Waals surface area contributed by atoms with Crippen LogP contribution in [0, 0.1) is 5.82 Å². The van der Waals surface area contributed by atoms with Crippen LogP contribution in [0.2, 0.25) is 0 Å². The van der Waals surface area contributed by atoms with Crippen molar-refractivity contribution in [2.75, 3.05) is 19.6 Å². The molecule has 1 aromatic heterocycles. The maximum atomic E-state index is 14.1. The summed E-state index contributed by atoms with van der Waals surface area (Å²) in [4.78, 5) is 28.5. The largest absolute Gasteiger partial charge is 0.444 e. The van der Waals surface area contributed by atoms with Gasteiger partial charge in [0.05, 0.1) is 12.2 Å². The average Bonchev–Trinajstić information content (AvgIpc) is 3.29. The highest BCUT2D eigenvalue weighted by Gasteiger charge is 2.44. The lowest BCUT2D eigenvalue weighted by Crippen LogP contribution is -2.50. The van der Waals surface area contributed by atoms with Gasteiger partial charge in [-0.15, -0.1) is 0 Å². The third-order valence-electron chi connectivity index (χ3n) is 5.82. The number of aromatic nitrogens is 1. The molecule has 2 aliphatic rings. The van der Waals surface area contributed by atoms with E-state index in [-0.39, 0.29) is 30.6 Å². The molecule has 0 saturated carbocycles. The molecule has 0 unspecified atom stereocenters. The van der Waals surface area contributed by atoms with Crippen LogP contribution < -0.4 is 0 Å². The molecule has 3 heterocycles. The van der Waals surface area contributed by atoms with Crippen LogP contribution in [0.25, 0.3) is 11.0 Å². The lowest BCUT2D eigenvalue weighted by molar-refractivity contribution is -0.137. The van der Waals surface area contributed by atoms with Gasteiger partial charge in [-0.25, -0.2) is 13.6 Å². The van der Waals surface area contributed by atoms with Crippen LogP contribution >= 0.6 is 0 Å². The van der Waals surface area contributed by atoms with Crippen molar-refractivity contribution in [1.82, 2.24) is 15.0 Å². The van der Waals surface area contributed by atoms with E-state index in [2.05, 4.69) is 5.16 Å². The van der Waals surface area contributed by atoms with Gasteiger partial charge in [-0.05, 0) is 45.7 Å². The van der Waals surface area contributed by atoms with E-state index in [1.165, 1.54) is 17.0 Å². The van der Waals surface area contributed by atoms with Gasteiger partial charge in [0.1, 0.15) is 23.6 Å². The van der Waals surface area contributed by atoms with Gasteiger partial charge in [-0.3, -0.25) is 9.69 Å². The van der Waals surface area contributed by atoms with E-state index in [9.17, 15) is 18.4 Å². The molecule has 2 atom stereocenters. The number of rotatable bonds is 2. The topological polar surface area (TPSA) is 75.9 Å². The zero-order valence-corrected chi connectivity index (χ0v) is 17.9. The van der Waals surface area contributed by atoms with Gasteiger partial charge in [-0.2, -0.15) is 0 Å². The first-order chi connectivity index (χ1) is 14.6. The highest BCUT2D eigenvalue weighted by molar-refractivity contribution is 5.87. The fourth-order valence-electron chi connectivity index (χ4n) is 4.35. The quantitative estimate of drug-likeness (QED) is 0.712. The highest BCUT2D eigenvalue weighted by Crippen LogP contribution is 2.34. The molecule has 9 heteroatoms. The Bertz CT molecular complexity index is 979. The third kappa shape index (κ3) is 4.50. The number of hydrogen-bond donors (Lipinski definition) is 0. The Balaban J connectivity index is 1.41. The Morgan fingerprint density at radius 2 is 1.94 bits per heavy atom. The minimum Gasteiger partial charge on any atom is -0.444 e. The van der Waals surface area contributed by atoms with E-state index in [0.717, 1.165) is 11.1 Å². The maximum Gasteiger partial charge on any atom is 0.411 e. The third-order valence-corrected chi connectivity index (χ3v) is 5.82. The molecule has 4 rings (SSSR count). The predicted octanol–water partition coefficient (Wildman–Crippen LogP) is 4.02. The molecule has 2 saturated heterocycles. The summed E-state index contributed by atoms with van der Waals surface area (Å²) >= 11 is 0. The Hall–Kier alpha value is -2.71. The summed E-state index contributed by atoms with van der Waals surface area (Å²) in [7, 11) is 0. The van der Waals surface area contributed by atoms with Gasteiger partial charge >= 0.3 is 6.09 Å². The fourth-order valence-corrected chi connectivity index (χ4v) is 4.35. The summed E-state index contributed by atoms with van der Waals surface area (Å²) in [6, 6.07) is 3.49. The van der Waals surface area contributed by atoms with Crippen molar-refractivity contribution < 1.29 is 27.6 Å². The number of ether oxygens (including phenoxy) is 1. The Labute approximate surface area is 179 Å². The van der Waals surface area contributed by atoms with Crippen molar-refractivity contribution in [1.29, 1.82) is 0 Å². The summed E-state index contributed by atoms with van der Waals surface area (Å²) < 4.78 is 38.1. The van der Waals surface area contributed by atoms with Crippen LogP contribution in [0.3, 0.4) is 0 Å². The maximum absolute atomic E-state index is 14.1. The lowest BCUT2D eigenvalue weighted by atomic mass is 9.91. The smallest absolute Gasteiger partial charge is 0.411 e. The Morgan fingerprint density at radius 1 is 1.23 bits per heavy atom. The number of nitrogens with zero attached hydrogens (tertiary/aromatic N) is 3. The number of alkyl halides is 1. The summed E-state index contributed by atoms with van der Waals surface area (Å²) in [6.45, 7) is 6.00. The van der Waals surface area contributed by atoms with E-state index in [1.807, 2.05) is 0 Å².